The molecule has 0 amide bonds. The van der Waals surface area contributed by atoms with Gasteiger partial charge in [-0.15, -0.1) is 0 Å². The van der Waals surface area contributed by atoms with E-state index in [0.29, 0.717) is 5.82 Å². The van der Waals surface area contributed by atoms with Crippen molar-refractivity contribution >= 4 is 0 Å². The molecular weight excluding hydrogens is 218 g/mol. The Morgan fingerprint density at radius 3 is 2.76 bits per heavy atom. The van der Waals surface area contributed by atoms with Gasteiger partial charge in [-0.1, -0.05) is 17.3 Å². The van der Waals surface area contributed by atoms with E-state index in [0.717, 1.165) is 18.5 Å². The smallest absolute Gasteiger partial charge is 0.213 e. The molecule has 1 heterocycles. The van der Waals surface area contributed by atoms with Crippen LogP contribution in [0.3, 0.4) is 0 Å². The third kappa shape index (κ3) is 3.29. The molecule has 1 aromatic heterocycles. The monoisotopic (exact) mass is 233 g/mol. The number of nitrogens with zero attached hydrogens (tertiary/aromatic N) is 2. The Kier molecular flexibility index (Phi) is 3.72. The molecule has 0 aliphatic rings. The Hall–Kier alpha value is -1.88. The quantitative estimate of drug-likeness (QED) is 0.822. The van der Waals surface area contributed by atoms with Crippen molar-refractivity contribution < 1.29 is 9.63 Å². The van der Waals surface area contributed by atoms with Crippen LogP contribution in [-0.2, 0) is 6.42 Å². The molecule has 1 atom stereocenters. The minimum atomic E-state index is 0.225. The van der Waals surface area contributed by atoms with Gasteiger partial charge in [-0.2, -0.15) is 4.98 Å². The van der Waals surface area contributed by atoms with E-state index >= 15 is 0 Å². The molecule has 2 rings (SSSR count). The summed E-state index contributed by atoms with van der Waals surface area (Å²) < 4.78 is 4.65. The molecule has 5 heteroatoms. The molecule has 1 aromatic carbocycles. The van der Waals surface area contributed by atoms with Crippen molar-refractivity contribution in [2.24, 2.45) is 0 Å². The number of phenols is 1. The molecule has 0 aliphatic carbocycles. The van der Waals surface area contributed by atoms with Crippen LogP contribution in [0, 0.1) is 0 Å². The highest BCUT2D eigenvalue weighted by Crippen LogP contribution is 2.16. The summed E-state index contributed by atoms with van der Waals surface area (Å²) in [6, 6.07) is 7.41. The molecular formula is C12H15N3O2. The molecule has 0 spiro atoms. The van der Waals surface area contributed by atoms with Gasteiger partial charge >= 0.3 is 0 Å². The fourth-order valence-corrected chi connectivity index (χ4v) is 1.58. The van der Waals surface area contributed by atoms with Gasteiger partial charge in [0.15, 0.2) is 5.82 Å². The second-order valence-corrected chi connectivity index (χ2v) is 3.86. The number of benzene rings is 1. The number of hydrogen-bond donors (Lipinski definition) is 2. The highest BCUT2D eigenvalue weighted by Gasteiger charge is 2.05. The average molecular weight is 233 g/mol. The summed E-state index contributed by atoms with van der Waals surface area (Å²) in [7, 11) is 0. The van der Waals surface area contributed by atoms with Crippen LogP contribution in [0.5, 0.6) is 5.75 Å². The van der Waals surface area contributed by atoms with E-state index in [-0.39, 0.29) is 11.8 Å². The molecule has 0 fully saturated rings. The first-order chi connectivity index (χ1) is 8.25. The molecule has 90 valence electrons. The Bertz CT molecular complexity index is 439. The lowest BCUT2D eigenvalue weighted by atomic mass is 10.1. The third-order valence-corrected chi connectivity index (χ3v) is 2.60. The van der Waals surface area contributed by atoms with E-state index < -0.39 is 0 Å². The number of nitrogens with one attached hydrogen (secondary N) is 1. The maximum absolute atomic E-state index is 9.19. The molecule has 1 unspecified atom stereocenters. The van der Waals surface area contributed by atoms with Gasteiger partial charge in [0, 0.05) is 19.0 Å². The summed E-state index contributed by atoms with van der Waals surface area (Å²) in [4.78, 5) is 3.95. The van der Waals surface area contributed by atoms with E-state index in [1.165, 1.54) is 6.39 Å². The SMILES string of the molecule is CC(NCCc1ncon1)c1ccc(O)cc1. The molecule has 2 aromatic rings. The zero-order valence-corrected chi connectivity index (χ0v) is 9.63. The molecule has 2 N–H and O–H groups in total. The summed E-state index contributed by atoms with van der Waals surface area (Å²) in [5.41, 5.74) is 1.14. The Morgan fingerprint density at radius 1 is 1.35 bits per heavy atom. The molecule has 0 bridgehead atoms. The van der Waals surface area contributed by atoms with Gasteiger partial charge in [-0.05, 0) is 24.6 Å². The second-order valence-electron chi connectivity index (χ2n) is 3.86. The second kappa shape index (κ2) is 5.45. The predicted octanol–water partition coefficient (Wildman–Crippen LogP) is 1.67. The highest BCUT2D eigenvalue weighted by atomic mass is 16.5. The van der Waals surface area contributed by atoms with Crippen molar-refractivity contribution in [2.75, 3.05) is 6.54 Å². The van der Waals surface area contributed by atoms with Crippen molar-refractivity contribution in [3.8, 4) is 5.75 Å². The van der Waals surface area contributed by atoms with Crippen LogP contribution in [0.2, 0.25) is 0 Å². The lowest BCUT2D eigenvalue weighted by Gasteiger charge is -2.13. The van der Waals surface area contributed by atoms with Crippen LogP contribution in [0.25, 0.3) is 0 Å². The van der Waals surface area contributed by atoms with E-state index in [9.17, 15) is 5.11 Å². The fourth-order valence-electron chi connectivity index (χ4n) is 1.58. The highest BCUT2D eigenvalue weighted by molar-refractivity contribution is 5.27. The van der Waals surface area contributed by atoms with Crippen molar-refractivity contribution in [2.45, 2.75) is 19.4 Å². The van der Waals surface area contributed by atoms with Crippen molar-refractivity contribution in [3.05, 3.63) is 42.0 Å². The minimum Gasteiger partial charge on any atom is -0.508 e. The standard InChI is InChI=1S/C12H15N3O2/c1-9(10-2-4-11(16)5-3-10)13-7-6-12-14-8-17-15-12/h2-5,8-9,13,16H,6-7H2,1H3. The predicted molar refractivity (Wildman–Crippen MR) is 62.5 cm³/mol. The first-order valence-corrected chi connectivity index (χ1v) is 5.53. The lowest BCUT2D eigenvalue weighted by molar-refractivity contribution is 0.408. The number of hydrogen-bond acceptors (Lipinski definition) is 5. The van der Waals surface area contributed by atoms with Crippen LogP contribution < -0.4 is 5.32 Å². The van der Waals surface area contributed by atoms with Crippen LogP contribution in [0.1, 0.15) is 24.4 Å². The lowest BCUT2D eigenvalue weighted by Crippen LogP contribution is -2.21. The maximum atomic E-state index is 9.19. The van der Waals surface area contributed by atoms with Gasteiger partial charge in [0.1, 0.15) is 5.75 Å². The van der Waals surface area contributed by atoms with Crippen molar-refractivity contribution in [1.29, 1.82) is 0 Å². The van der Waals surface area contributed by atoms with E-state index in [1.807, 2.05) is 12.1 Å². The maximum Gasteiger partial charge on any atom is 0.213 e. The van der Waals surface area contributed by atoms with Crippen LogP contribution >= 0.6 is 0 Å². The normalized spacial score (nSPS) is 12.5. The summed E-state index contributed by atoms with van der Waals surface area (Å²) in [6.45, 7) is 2.85. The number of aromatic nitrogens is 2. The fraction of sp³-hybridized carbons (Fsp3) is 0.333. The van der Waals surface area contributed by atoms with Gasteiger partial charge < -0.3 is 14.9 Å². The molecule has 0 radical (unpaired) electrons. The van der Waals surface area contributed by atoms with Crippen molar-refractivity contribution in [1.82, 2.24) is 15.5 Å². The summed E-state index contributed by atoms with van der Waals surface area (Å²) in [5, 5.41) is 16.3. The minimum absolute atomic E-state index is 0.225. The van der Waals surface area contributed by atoms with Crippen LogP contribution in [0.4, 0.5) is 0 Å². The zero-order valence-electron chi connectivity index (χ0n) is 9.63. The number of phenolic OH excluding ortho intramolecular Hbond substituents is 1. The average Bonchev–Trinajstić information content (AvgIpc) is 2.83. The van der Waals surface area contributed by atoms with Crippen molar-refractivity contribution in [3.63, 3.8) is 0 Å². The summed E-state index contributed by atoms with van der Waals surface area (Å²) >= 11 is 0. The van der Waals surface area contributed by atoms with Gasteiger partial charge in [0.2, 0.25) is 6.39 Å². The molecule has 0 saturated carbocycles. The van der Waals surface area contributed by atoms with E-state index in [2.05, 4.69) is 26.9 Å². The molecule has 0 aliphatic heterocycles. The van der Waals surface area contributed by atoms with Gasteiger partial charge in [0.05, 0.1) is 0 Å². The van der Waals surface area contributed by atoms with Gasteiger partial charge in [0.25, 0.3) is 0 Å². The molecule has 0 saturated heterocycles. The molecule has 17 heavy (non-hydrogen) atoms. The topological polar surface area (TPSA) is 71.2 Å². The summed E-state index contributed by atoms with van der Waals surface area (Å²) in [5.74, 6) is 0.989. The Labute approximate surface area is 99.5 Å². The first-order valence-electron chi connectivity index (χ1n) is 5.53. The summed E-state index contributed by atoms with van der Waals surface area (Å²) in [6.07, 6.45) is 2.07. The van der Waals surface area contributed by atoms with Gasteiger partial charge in [-0.3, -0.25) is 0 Å². The number of rotatable bonds is 5. The Balaban J connectivity index is 1.81. The van der Waals surface area contributed by atoms with Crippen LogP contribution in [-0.4, -0.2) is 21.8 Å². The third-order valence-electron chi connectivity index (χ3n) is 2.60. The van der Waals surface area contributed by atoms with E-state index in [4.69, 9.17) is 0 Å². The van der Waals surface area contributed by atoms with Gasteiger partial charge in [-0.25, -0.2) is 0 Å². The number of aromatic hydroxyl groups is 1. The zero-order chi connectivity index (χ0) is 12.1. The largest absolute Gasteiger partial charge is 0.508 e. The van der Waals surface area contributed by atoms with Crippen LogP contribution in [0.15, 0.2) is 35.2 Å². The first kappa shape index (κ1) is 11.6. The Morgan fingerprint density at radius 2 is 2.12 bits per heavy atom. The van der Waals surface area contributed by atoms with E-state index in [1.54, 1.807) is 12.1 Å². The molecule has 5 nitrogen and oxygen atoms in total.